The number of likely N-dealkylation sites (N-methyl/N-ethyl adjacent to an activating group) is 1. The van der Waals surface area contributed by atoms with Crippen LogP contribution in [0.2, 0.25) is 0 Å². The van der Waals surface area contributed by atoms with Gasteiger partial charge in [0.15, 0.2) is 0 Å². The summed E-state index contributed by atoms with van der Waals surface area (Å²) in [6.45, 7) is 1.74. The van der Waals surface area contributed by atoms with Gasteiger partial charge >= 0.3 is 0 Å². The highest BCUT2D eigenvalue weighted by molar-refractivity contribution is 5.90. The van der Waals surface area contributed by atoms with Crippen molar-refractivity contribution in [2.45, 2.75) is 44.6 Å². The maximum atomic E-state index is 12.2. The Hall–Kier alpha value is -1.06. The van der Waals surface area contributed by atoms with Crippen molar-refractivity contribution >= 4 is 11.8 Å². The van der Waals surface area contributed by atoms with E-state index in [1.54, 1.807) is 11.9 Å². The Morgan fingerprint density at radius 3 is 2.31 bits per heavy atom. The maximum Gasteiger partial charge on any atom is 0.245 e. The predicted molar refractivity (Wildman–Crippen MR) is 60.8 cm³/mol. The Balaban J connectivity index is 1.98. The molecule has 2 rings (SSSR count). The minimum absolute atomic E-state index is 0.105. The Labute approximate surface area is 96.6 Å². The molecule has 0 spiro atoms. The Kier molecular flexibility index (Phi) is 3.46. The van der Waals surface area contributed by atoms with Gasteiger partial charge in [0.05, 0.1) is 0 Å². The Bertz CT molecular complexity index is 283. The molecule has 2 saturated heterocycles. The van der Waals surface area contributed by atoms with Gasteiger partial charge in [-0.25, -0.2) is 0 Å². The lowest BCUT2D eigenvalue weighted by molar-refractivity contribution is -0.140. The van der Waals surface area contributed by atoms with Crippen molar-refractivity contribution in [3.63, 3.8) is 0 Å². The molecule has 2 amide bonds. The quantitative estimate of drug-likeness (QED) is 0.667. The van der Waals surface area contributed by atoms with Crippen molar-refractivity contribution in [3.05, 3.63) is 0 Å². The molecule has 1 atom stereocenters. The minimum atomic E-state index is -0.189. The van der Waals surface area contributed by atoms with E-state index >= 15 is 0 Å². The molecular weight excluding hydrogens is 204 g/mol. The van der Waals surface area contributed by atoms with Gasteiger partial charge < -0.3 is 9.80 Å². The Morgan fingerprint density at radius 2 is 1.81 bits per heavy atom. The van der Waals surface area contributed by atoms with Gasteiger partial charge in [-0.1, -0.05) is 12.8 Å². The minimum Gasteiger partial charge on any atom is -0.341 e. The molecule has 2 aliphatic heterocycles. The Morgan fingerprint density at radius 1 is 1.19 bits per heavy atom. The van der Waals surface area contributed by atoms with Gasteiger partial charge in [-0.15, -0.1) is 0 Å². The highest BCUT2D eigenvalue weighted by Gasteiger charge is 2.35. The van der Waals surface area contributed by atoms with E-state index in [0.29, 0.717) is 12.8 Å². The van der Waals surface area contributed by atoms with Crippen LogP contribution in [0.15, 0.2) is 0 Å². The van der Waals surface area contributed by atoms with Crippen molar-refractivity contribution < 1.29 is 9.59 Å². The van der Waals surface area contributed by atoms with Gasteiger partial charge in [-0.05, 0) is 19.3 Å². The first kappa shape index (κ1) is 11.4. The van der Waals surface area contributed by atoms with Crippen LogP contribution in [0.3, 0.4) is 0 Å². The van der Waals surface area contributed by atoms with Gasteiger partial charge in [-0.3, -0.25) is 9.59 Å². The monoisotopic (exact) mass is 224 g/mol. The number of amides is 2. The van der Waals surface area contributed by atoms with E-state index in [1.165, 1.54) is 12.8 Å². The first-order valence-electron chi connectivity index (χ1n) is 6.24. The number of carbonyl (C=O) groups excluding carboxylic acids is 2. The number of hydrogen-bond donors (Lipinski definition) is 0. The van der Waals surface area contributed by atoms with Gasteiger partial charge in [0.1, 0.15) is 6.04 Å². The first-order valence-corrected chi connectivity index (χ1v) is 6.24. The van der Waals surface area contributed by atoms with Crippen LogP contribution < -0.4 is 0 Å². The molecule has 4 heteroatoms. The summed E-state index contributed by atoms with van der Waals surface area (Å²) < 4.78 is 0. The number of likely N-dealkylation sites (tertiary alicyclic amines) is 2. The third-order valence-corrected chi connectivity index (χ3v) is 3.70. The second-order valence-electron chi connectivity index (χ2n) is 4.80. The molecule has 0 bridgehead atoms. The normalized spacial score (nSPS) is 27.1. The standard InChI is InChI=1S/C12H20N2O2/c1-13-10(6-7-11(13)15)12(16)14-8-4-2-3-5-9-14/h10H,2-9H2,1H3. The lowest BCUT2D eigenvalue weighted by Gasteiger charge is -2.27. The SMILES string of the molecule is CN1C(=O)CCC1C(=O)N1CCCCCC1. The van der Waals surface area contributed by atoms with E-state index in [-0.39, 0.29) is 17.9 Å². The summed E-state index contributed by atoms with van der Waals surface area (Å²) in [4.78, 5) is 27.2. The number of rotatable bonds is 1. The van der Waals surface area contributed by atoms with E-state index in [0.717, 1.165) is 25.9 Å². The van der Waals surface area contributed by atoms with Gasteiger partial charge in [-0.2, -0.15) is 0 Å². The second kappa shape index (κ2) is 4.85. The predicted octanol–water partition coefficient (Wildman–Crippen LogP) is 1.01. The average molecular weight is 224 g/mol. The van der Waals surface area contributed by atoms with E-state index < -0.39 is 0 Å². The van der Waals surface area contributed by atoms with Crippen molar-refractivity contribution in [2.24, 2.45) is 0 Å². The van der Waals surface area contributed by atoms with Gasteiger partial charge in [0.25, 0.3) is 0 Å². The van der Waals surface area contributed by atoms with Crippen LogP contribution in [0.25, 0.3) is 0 Å². The summed E-state index contributed by atoms with van der Waals surface area (Å²) in [6.07, 6.45) is 5.89. The summed E-state index contributed by atoms with van der Waals surface area (Å²) in [5.74, 6) is 0.267. The molecule has 2 aliphatic rings. The van der Waals surface area contributed by atoms with Gasteiger partial charge in [0.2, 0.25) is 11.8 Å². The van der Waals surface area contributed by atoms with Crippen LogP contribution in [0.1, 0.15) is 38.5 Å². The van der Waals surface area contributed by atoms with Gasteiger partial charge in [0, 0.05) is 26.6 Å². The fourth-order valence-corrected chi connectivity index (χ4v) is 2.59. The molecule has 0 aromatic rings. The number of carbonyl (C=O) groups is 2. The van der Waals surface area contributed by atoms with E-state index in [1.807, 2.05) is 4.90 Å². The summed E-state index contributed by atoms with van der Waals surface area (Å²) in [5.41, 5.74) is 0. The van der Waals surface area contributed by atoms with E-state index in [2.05, 4.69) is 0 Å². The fraction of sp³-hybridized carbons (Fsp3) is 0.833. The zero-order chi connectivity index (χ0) is 11.5. The topological polar surface area (TPSA) is 40.6 Å². The van der Waals surface area contributed by atoms with Crippen molar-refractivity contribution in [1.82, 2.24) is 9.80 Å². The van der Waals surface area contributed by atoms with Crippen molar-refractivity contribution in [3.8, 4) is 0 Å². The molecule has 0 N–H and O–H groups in total. The van der Waals surface area contributed by atoms with Crippen molar-refractivity contribution in [2.75, 3.05) is 20.1 Å². The molecule has 0 aromatic carbocycles. The molecule has 1 unspecified atom stereocenters. The summed E-state index contributed by atoms with van der Waals surface area (Å²) in [6, 6.07) is -0.189. The molecule has 0 aromatic heterocycles. The average Bonchev–Trinajstić information content (AvgIpc) is 2.53. The maximum absolute atomic E-state index is 12.2. The molecular formula is C12H20N2O2. The van der Waals surface area contributed by atoms with Crippen LogP contribution in [0, 0.1) is 0 Å². The lowest BCUT2D eigenvalue weighted by Crippen LogP contribution is -2.45. The molecule has 0 aliphatic carbocycles. The number of nitrogens with zero attached hydrogens (tertiary/aromatic N) is 2. The third kappa shape index (κ3) is 2.20. The molecule has 0 radical (unpaired) electrons. The zero-order valence-electron chi connectivity index (χ0n) is 9.95. The third-order valence-electron chi connectivity index (χ3n) is 3.70. The van der Waals surface area contributed by atoms with Crippen LogP contribution in [0.5, 0.6) is 0 Å². The van der Waals surface area contributed by atoms with Crippen molar-refractivity contribution in [1.29, 1.82) is 0 Å². The van der Waals surface area contributed by atoms with Crippen LogP contribution in [-0.2, 0) is 9.59 Å². The molecule has 90 valence electrons. The molecule has 0 saturated carbocycles. The summed E-state index contributed by atoms with van der Waals surface area (Å²) in [5, 5.41) is 0. The first-order chi connectivity index (χ1) is 7.70. The number of hydrogen-bond acceptors (Lipinski definition) is 2. The molecule has 4 nitrogen and oxygen atoms in total. The highest BCUT2D eigenvalue weighted by Crippen LogP contribution is 2.20. The molecule has 16 heavy (non-hydrogen) atoms. The lowest BCUT2D eigenvalue weighted by atomic mass is 10.2. The fourth-order valence-electron chi connectivity index (χ4n) is 2.59. The summed E-state index contributed by atoms with van der Waals surface area (Å²) >= 11 is 0. The van der Waals surface area contributed by atoms with E-state index in [9.17, 15) is 9.59 Å². The largest absolute Gasteiger partial charge is 0.341 e. The second-order valence-corrected chi connectivity index (χ2v) is 4.80. The van der Waals surface area contributed by atoms with Crippen LogP contribution in [0.4, 0.5) is 0 Å². The van der Waals surface area contributed by atoms with Crippen LogP contribution >= 0.6 is 0 Å². The molecule has 2 heterocycles. The van der Waals surface area contributed by atoms with Crippen LogP contribution in [-0.4, -0.2) is 47.8 Å². The highest BCUT2D eigenvalue weighted by atomic mass is 16.2. The van der Waals surface area contributed by atoms with E-state index in [4.69, 9.17) is 0 Å². The zero-order valence-corrected chi connectivity index (χ0v) is 9.95. The smallest absolute Gasteiger partial charge is 0.245 e. The summed E-state index contributed by atoms with van der Waals surface area (Å²) in [7, 11) is 1.75. The molecule has 2 fully saturated rings.